The molecule has 26 nitrogen and oxygen atoms in total. The minimum atomic E-state index is -1.14. The van der Waals surface area contributed by atoms with E-state index < -0.39 is 105 Å². The zero-order valence-electron chi connectivity index (χ0n) is 68.9. The quantitative estimate of drug-likeness (QED) is 0.0158. The Morgan fingerprint density at radius 1 is 0.526 bits per heavy atom. The number of carbonyl (C=O) groups excluding carboxylic acids is 10. The van der Waals surface area contributed by atoms with Crippen molar-refractivity contribution in [3.63, 3.8) is 0 Å². The van der Waals surface area contributed by atoms with Crippen molar-refractivity contribution in [2.75, 3.05) is 70.7 Å². The molecule has 0 aliphatic carbocycles. The lowest BCUT2D eigenvalue weighted by Gasteiger charge is -2.37. The average Bonchev–Trinajstić information content (AvgIpc) is 1.55. The molecule has 2 heterocycles. The molecule has 0 radical (unpaired) electrons. The standard InChI is InChI=1S/C46H65N7O6S.C42H57N7O6S/c1-29(26-48)46(7,21-11-12-22-47)53-42(57)37(25-32-15-18-33-13-9-10-14-34(33)23-32)51-41(56)36(24-31-16-19-35(59-8)20-17-31)52-43(58)40-45(5,6)60-28-44(3,4)39(50-30(2)54)38(55)27-49-40;1-27(24-44)42(3,18-7-8-19-43)49-41(54)36(23-30-11-14-31-9-5-6-10-32(31)21-30)48-39(52)35(22-29-12-15-33(55-4)16-13-29)47-40(53)37-26-56-20-17-34(46-28(2)50)38(51)25-45-37/h9-10,13-20,23,36-37,39-40,49H,1,11-12,21-22,24-28,47-48H2,2-8H3,(H,50,54)(H,51,56)(H,52,58)(H,53,57);5-6,9-16,21,34-37,45H,1,7-8,17-20,22-26,43-44H2,2-4H3,(H,46,50)(H,47,53)(H,48,52)(H,49,54)/t36-,37-,39+,40+,46-;34-,35-,36-,37-,42-/m00/s1. The maximum absolute atomic E-state index is 14.7. The van der Waals surface area contributed by atoms with Crippen molar-refractivity contribution in [1.29, 1.82) is 0 Å². The van der Waals surface area contributed by atoms with Gasteiger partial charge in [0.15, 0.2) is 11.6 Å². The van der Waals surface area contributed by atoms with Crippen LogP contribution in [0.15, 0.2) is 158 Å². The van der Waals surface area contributed by atoms with Crippen LogP contribution in [0, 0.1) is 5.41 Å². The van der Waals surface area contributed by atoms with Crippen LogP contribution in [0.25, 0.3) is 21.5 Å². The van der Waals surface area contributed by atoms with Gasteiger partial charge >= 0.3 is 0 Å². The minimum Gasteiger partial charge on any atom is -0.497 e. The number of ether oxygens (including phenoxy) is 2. The van der Waals surface area contributed by atoms with Crippen molar-refractivity contribution in [3.8, 4) is 11.5 Å². The number of carbonyl (C=O) groups is 10. The fraction of sp³-hybridized carbons (Fsp3) is 0.477. The molecule has 8 amide bonds. The van der Waals surface area contributed by atoms with Crippen LogP contribution in [0.4, 0.5) is 0 Å². The second-order valence-electron chi connectivity index (χ2n) is 31.7. The molecule has 8 rings (SSSR count). The van der Waals surface area contributed by atoms with Crippen LogP contribution in [0.3, 0.4) is 0 Å². The number of methoxy groups -OCH3 is 2. The molecule has 0 saturated carbocycles. The van der Waals surface area contributed by atoms with Gasteiger partial charge in [-0.05, 0) is 171 Å². The molecule has 2 aliphatic rings. The van der Waals surface area contributed by atoms with E-state index in [0.717, 1.165) is 69.5 Å². The maximum atomic E-state index is 14.7. The molecule has 6 aromatic carbocycles. The van der Waals surface area contributed by atoms with Crippen molar-refractivity contribution in [1.82, 2.24) is 53.2 Å². The highest BCUT2D eigenvalue weighted by atomic mass is 32.2. The van der Waals surface area contributed by atoms with E-state index in [4.69, 9.17) is 32.4 Å². The monoisotopic (exact) mass is 1630 g/mol. The molecule has 116 heavy (non-hydrogen) atoms. The van der Waals surface area contributed by atoms with Gasteiger partial charge in [0.05, 0.1) is 56.5 Å². The summed E-state index contributed by atoms with van der Waals surface area (Å²) in [7, 11) is 3.12. The Kier molecular flexibility index (Phi) is 36.1. The first-order chi connectivity index (χ1) is 55.2. The normalized spacial score (nSPS) is 18.9. The molecule has 0 spiro atoms. The zero-order chi connectivity index (χ0) is 84.9. The molecular formula is C88H122N14O12S2. The van der Waals surface area contributed by atoms with E-state index in [1.165, 1.54) is 37.4 Å². The van der Waals surface area contributed by atoms with Crippen LogP contribution in [0.1, 0.15) is 123 Å². The van der Waals surface area contributed by atoms with E-state index in [0.29, 0.717) is 72.3 Å². The summed E-state index contributed by atoms with van der Waals surface area (Å²) in [5.74, 6) is -1.45. The fourth-order valence-electron chi connectivity index (χ4n) is 14.1. The largest absolute Gasteiger partial charge is 0.497 e. The van der Waals surface area contributed by atoms with E-state index in [-0.39, 0.29) is 75.2 Å². The van der Waals surface area contributed by atoms with Gasteiger partial charge in [-0.3, -0.25) is 58.6 Å². The Bertz CT molecular complexity index is 4390. The van der Waals surface area contributed by atoms with Crippen LogP contribution < -0.4 is 85.6 Å². The van der Waals surface area contributed by atoms with Gasteiger partial charge in [0.2, 0.25) is 47.3 Å². The summed E-state index contributed by atoms with van der Waals surface area (Å²) < 4.78 is 9.92. The van der Waals surface area contributed by atoms with E-state index in [1.807, 2.05) is 151 Å². The maximum Gasteiger partial charge on any atom is 0.243 e. The summed E-state index contributed by atoms with van der Waals surface area (Å²) in [6, 6.07) is 34.5. The van der Waals surface area contributed by atoms with Gasteiger partial charge in [-0.1, -0.05) is 136 Å². The third-order valence-electron chi connectivity index (χ3n) is 21.5. The van der Waals surface area contributed by atoms with E-state index >= 15 is 0 Å². The number of hydrogen-bond donors (Lipinski definition) is 14. The molecule has 0 bridgehead atoms. The smallest absolute Gasteiger partial charge is 0.243 e. The van der Waals surface area contributed by atoms with Gasteiger partial charge in [0.1, 0.15) is 41.7 Å². The number of amides is 8. The lowest BCUT2D eigenvalue weighted by molar-refractivity contribution is -0.133. The van der Waals surface area contributed by atoms with Crippen molar-refractivity contribution in [2.24, 2.45) is 28.3 Å². The van der Waals surface area contributed by atoms with Crippen molar-refractivity contribution >= 4 is 104 Å². The molecule has 2 fully saturated rings. The Labute approximate surface area is 691 Å². The number of nitrogens with one attached hydrogen (secondary N) is 10. The Hall–Kier alpha value is -9.52. The second kappa shape index (κ2) is 44.7. The predicted octanol–water partition coefficient (Wildman–Crippen LogP) is 6.00. The van der Waals surface area contributed by atoms with Crippen LogP contribution in [-0.4, -0.2) is 194 Å². The minimum absolute atomic E-state index is 0.0868. The lowest BCUT2D eigenvalue weighted by Crippen LogP contribution is -2.62. The number of rotatable bonds is 36. The van der Waals surface area contributed by atoms with Gasteiger partial charge < -0.3 is 74.9 Å². The SMILES string of the molecule is C=C(CN)[C@](C)(CCCCN)NC(=O)[C@H](Cc1ccc2ccccc2c1)NC(=O)[C@H](Cc1ccc(OC)cc1)NC(=O)[C@@H]1CSCC[C@H](NC(C)=O)C(=O)CN1.C=C(CN)[C@](C)(CCCCN)NC(=O)[C@H](Cc1ccc2ccccc2c1)NC(=O)[C@H](Cc1ccc(OC)cc1)NC(=O)[C@H]1NCC(=O)[C@@H](NC(C)=O)C(C)(C)CSC1(C)C. The highest BCUT2D eigenvalue weighted by Crippen LogP contribution is 2.38. The third kappa shape index (κ3) is 27.8. The van der Waals surface area contributed by atoms with Gasteiger partial charge in [-0.15, -0.1) is 0 Å². The van der Waals surface area contributed by atoms with Gasteiger partial charge in [0, 0.05) is 74.3 Å². The highest BCUT2D eigenvalue weighted by Gasteiger charge is 2.45. The van der Waals surface area contributed by atoms with E-state index in [1.54, 1.807) is 38.5 Å². The van der Waals surface area contributed by atoms with Gasteiger partial charge in [-0.25, -0.2) is 0 Å². The van der Waals surface area contributed by atoms with Crippen LogP contribution in [0.5, 0.6) is 11.5 Å². The highest BCUT2D eigenvalue weighted by molar-refractivity contribution is 8.00. The number of hydrogen-bond acceptors (Lipinski definition) is 20. The summed E-state index contributed by atoms with van der Waals surface area (Å²) in [4.78, 5) is 137. The van der Waals surface area contributed by atoms with Crippen LogP contribution in [0.2, 0.25) is 0 Å². The zero-order valence-corrected chi connectivity index (χ0v) is 70.5. The molecule has 0 aromatic heterocycles. The molecular weight excluding hydrogens is 1510 g/mol. The lowest BCUT2D eigenvalue weighted by atomic mass is 9.83. The van der Waals surface area contributed by atoms with Gasteiger partial charge in [-0.2, -0.15) is 23.5 Å². The summed E-state index contributed by atoms with van der Waals surface area (Å²) in [6.07, 6.45) is 5.02. The third-order valence-corrected chi connectivity index (χ3v) is 24.5. The fourth-order valence-corrected chi connectivity index (χ4v) is 16.5. The van der Waals surface area contributed by atoms with Crippen molar-refractivity contribution < 1.29 is 57.4 Å². The van der Waals surface area contributed by atoms with Gasteiger partial charge in [0.25, 0.3) is 0 Å². The molecule has 10 atom stereocenters. The first-order valence-corrected chi connectivity index (χ1v) is 41.8. The summed E-state index contributed by atoms with van der Waals surface area (Å²) >= 11 is 2.97. The second-order valence-corrected chi connectivity index (χ2v) is 34.5. The van der Waals surface area contributed by atoms with E-state index in [2.05, 4.69) is 66.3 Å². The molecule has 0 unspecified atom stereocenters. The first-order valence-electron chi connectivity index (χ1n) is 39.7. The number of unbranched alkanes of at least 4 members (excludes halogenated alkanes) is 2. The molecule has 628 valence electrons. The topological polar surface area (TPSA) is 414 Å². The number of benzene rings is 6. The number of nitrogens with two attached hydrogens (primary N) is 4. The van der Waals surface area contributed by atoms with E-state index in [9.17, 15) is 47.9 Å². The van der Waals surface area contributed by atoms with Crippen molar-refractivity contribution in [2.45, 2.75) is 190 Å². The van der Waals surface area contributed by atoms with Crippen molar-refractivity contribution in [3.05, 3.63) is 180 Å². The average molecular weight is 1630 g/mol. The summed E-state index contributed by atoms with van der Waals surface area (Å²) in [5, 5.41) is 34.0. The number of ketones is 2. The number of fused-ring (bicyclic) bond motifs is 2. The molecule has 6 aromatic rings. The first kappa shape index (κ1) is 93.6. The Morgan fingerprint density at radius 3 is 1.37 bits per heavy atom. The molecule has 18 N–H and O–H groups in total. The van der Waals surface area contributed by atoms with Crippen LogP contribution in [-0.2, 0) is 73.6 Å². The molecule has 2 aliphatic heterocycles. The summed E-state index contributed by atoms with van der Waals surface area (Å²) in [6.45, 7) is 23.5. The molecule has 28 heteroatoms. The predicted molar refractivity (Wildman–Crippen MR) is 463 cm³/mol. The Morgan fingerprint density at radius 2 is 0.940 bits per heavy atom. The summed E-state index contributed by atoms with van der Waals surface area (Å²) in [5.41, 5.74) is 25.8. The Balaban J connectivity index is 0.000000322. The number of thioether (sulfide) groups is 2. The van der Waals surface area contributed by atoms with Crippen LogP contribution >= 0.6 is 23.5 Å². The molecule has 2 saturated heterocycles. The number of Topliss-reactive ketones (excluding diaryl/α,β-unsaturated/α-hetero) is 2.